The molecule has 0 bridgehead atoms. The summed E-state index contributed by atoms with van der Waals surface area (Å²) in [7, 11) is 0. The number of aromatic amines is 1. The molecule has 140 valence electrons. The molecule has 0 aliphatic carbocycles. The third-order valence-electron chi connectivity index (χ3n) is 4.27. The molecule has 0 radical (unpaired) electrons. The minimum Gasteiger partial charge on any atom is -0.493 e. The minimum absolute atomic E-state index is 0.0307. The molecule has 1 unspecified atom stereocenters. The van der Waals surface area contributed by atoms with Crippen LogP contribution in [0, 0.1) is 5.82 Å². The van der Waals surface area contributed by atoms with Gasteiger partial charge in [-0.2, -0.15) is 5.21 Å². The van der Waals surface area contributed by atoms with E-state index in [0.717, 1.165) is 11.3 Å². The van der Waals surface area contributed by atoms with Gasteiger partial charge in [0, 0.05) is 24.7 Å². The standard InChI is InChI=1S/C20H17FN6O/c21-17-8-6-14(7-9-17)15(13-28-18-4-2-1-3-5-18)10-19-22-11-16(12-23-19)20-24-26-27-25-20/h1-9,11-12,15H,10,13H2,(H,24,25,26,27). The molecule has 2 aromatic heterocycles. The number of aromatic nitrogens is 6. The summed E-state index contributed by atoms with van der Waals surface area (Å²) in [6, 6.07) is 16.0. The molecule has 0 fully saturated rings. The van der Waals surface area contributed by atoms with E-state index in [2.05, 4.69) is 30.6 Å². The fourth-order valence-electron chi connectivity index (χ4n) is 2.80. The van der Waals surface area contributed by atoms with Gasteiger partial charge < -0.3 is 4.74 Å². The summed E-state index contributed by atoms with van der Waals surface area (Å²) in [5.74, 6) is 1.57. The second-order valence-corrected chi connectivity index (χ2v) is 6.20. The Balaban J connectivity index is 1.51. The number of tetrazole rings is 1. The molecule has 0 aliphatic heterocycles. The van der Waals surface area contributed by atoms with Crippen LogP contribution in [0.1, 0.15) is 17.3 Å². The van der Waals surface area contributed by atoms with Crippen molar-refractivity contribution in [3.8, 4) is 17.1 Å². The predicted molar refractivity (Wildman–Crippen MR) is 100.0 cm³/mol. The van der Waals surface area contributed by atoms with Gasteiger partial charge in [0.2, 0.25) is 5.82 Å². The monoisotopic (exact) mass is 376 g/mol. The van der Waals surface area contributed by atoms with Gasteiger partial charge in [-0.15, -0.1) is 10.2 Å². The zero-order valence-electron chi connectivity index (χ0n) is 14.9. The SMILES string of the molecule is Fc1ccc(C(COc2ccccc2)Cc2ncc(-c3nn[nH]n3)cn2)cc1. The van der Waals surface area contributed by atoms with Crippen molar-refractivity contribution in [2.24, 2.45) is 0 Å². The highest BCUT2D eigenvalue weighted by molar-refractivity contribution is 5.50. The van der Waals surface area contributed by atoms with Crippen molar-refractivity contribution >= 4 is 0 Å². The lowest BCUT2D eigenvalue weighted by Crippen LogP contribution is -2.15. The first-order valence-electron chi connectivity index (χ1n) is 8.76. The summed E-state index contributed by atoms with van der Waals surface area (Å²) < 4.78 is 19.3. The van der Waals surface area contributed by atoms with Crippen LogP contribution >= 0.6 is 0 Å². The third-order valence-corrected chi connectivity index (χ3v) is 4.27. The van der Waals surface area contributed by atoms with Crippen LogP contribution < -0.4 is 4.74 Å². The lowest BCUT2D eigenvalue weighted by molar-refractivity contribution is 0.285. The van der Waals surface area contributed by atoms with Crippen LogP contribution in [-0.2, 0) is 6.42 Å². The highest BCUT2D eigenvalue weighted by Crippen LogP contribution is 2.22. The number of ether oxygens (including phenoxy) is 1. The molecule has 4 aromatic rings. The van der Waals surface area contributed by atoms with Gasteiger partial charge in [-0.25, -0.2) is 14.4 Å². The largest absolute Gasteiger partial charge is 0.493 e. The Morgan fingerprint density at radius 3 is 2.39 bits per heavy atom. The second kappa shape index (κ2) is 8.34. The van der Waals surface area contributed by atoms with E-state index in [4.69, 9.17) is 4.74 Å². The Bertz CT molecular complexity index is 991. The second-order valence-electron chi connectivity index (χ2n) is 6.20. The van der Waals surface area contributed by atoms with Crippen LogP contribution in [-0.4, -0.2) is 37.2 Å². The molecule has 1 N–H and O–H groups in total. The molecule has 7 nitrogen and oxygen atoms in total. The smallest absolute Gasteiger partial charge is 0.207 e. The molecule has 28 heavy (non-hydrogen) atoms. The minimum atomic E-state index is -0.271. The van der Waals surface area contributed by atoms with Gasteiger partial charge in [0.1, 0.15) is 17.4 Å². The van der Waals surface area contributed by atoms with Gasteiger partial charge in [-0.1, -0.05) is 30.3 Å². The van der Waals surface area contributed by atoms with Crippen molar-refractivity contribution in [1.82, 2.24) is 30.6 Å². The summed E-state index contributed by atoms with van der Waals surface area (Å²) >= 11 is 0. The Morgan fingerprint density at radius 1 is 0.964 bits per heavy atom. The first kappa shape index (κ1) is 17.7. The molecule has 8 heteroatoms. The molecular formula is C20H17FN6O. The Kier molecular flexibility index (Phi) is 5.28. The van der Waals surface area contributed by atoms with Crippen LogP contribution in [0.25, 0.3) is 11.4 Å². The Hall–Kier alpha value is -3.68. The third kappa shape index (κ3) is 4.35. The number of H-pyrrole nitrogens is 1. The van der Waals surface area contributed by atoms with E-state index in [1.165, 1.54) is 12.1 Å². The van der Waals surface area contributed by atoms with Crippen LogP contribution in [0.4, 0.5) is 4.39 Å². The predicted octanol–water partition coefficient (Wildman–Crippen LogP) is 3.20. The van der Waals surface area contributed by atoms with Gasteiger partial charge in [-0.3, -0.25) is 0 Å². The lowest BCUT2D eigenvalue weighted by atomic mass is 9.96. The quantitative estimate of drug-likeness (QED) is 0.533. The summed E-state index contributed by atoms with van der Waals surface area (Å²) in [5.41, 5.74) is 1.64. The fourth-order valence-corrected chi connectivity index (χ4v) is 2.80. The number of nitrogens with one attached hydrogen (secondary N) is 1. The molecule has 0 saturated carbocycles. The van der Waals surface area contributed by atoms with Crippen molar-refractivity contribution in [2.45, 2.75) is 12.3 Å². The highest BCUT2D eigenvalue weighted by Gasteiger charge is 2.16. The fraction of sp³-hybridized carbons (Fsp3) is 0.150. The Morgan fingerprint density at radius 2 is 1.71 bits per heavy atom. The van der Waals surface area contributed by atoms with Gasteiger partial charge in [0.05, 0.1) is 12.2 Å². The van der Waals surface area contributed by atoms with Crippen molar-refractivity contribution in [3.63, 3.8) is 0 Å². The molecule has 4 rings (SSSR count). The van der Waals surface area contributed by atoms with Gasteiger partial charge in [0.15, 0.2) is 0 Å². The molecule has 0 saturated heterocycles. The van der Waals surface area contributed by atoms with E-state index in [9.17, 15) is 4.39 Å². The zero-order valence-corrected chi connectivity index (χ0v) is 14.9. The maximum Gasteiger partial charge on any atom is 0.207 e. The van der Waals surface area contributed by atoms with E-state index >= 15 is 0 Å². The number of hydrogen-bond acceptors (Lipinski definition) is 6. The van der Waals surface area contributed by atoms with Crippen molar-refractivity contribution in [1.29, 1.82) is 0 Å². The van der Waals surface area contributed by atoms with Gasteiger partial charge in [0.25, 0.3) is 0 Å². The Labute approximate surface area is 160 Å². The van der Waals surface area contributed by atoms with Crippen molar-refractivity contribution < 1.29 is 9.13 Å². The number of hydrogen-bond donors (Lipinski definition) is 1. The number of benzene rings is 2. The van der Waals surface area contributed by atoms with Crippen LogP contribution in [0.2, 0.25) is 0 Å². The van der Waals surface area contributed by atoms with Gasteiger partial charge in [-0.05, 0) is 35.0 Å². The summed E-state index contributed by atoms with van der Waals surface area (Å²) in [6.07, 6.45) is 3.87. The molecule has 0 aliphatic rings. The average Bonchev–Trinajstić information content (AvgIpc) is 3.28. The maximum absolute atomic E-state index is 13.3. The van der Waals surface area contributed by atoms with Crippen molar-refractivity contribution in [2.75, 3.05) is 6.61 Å². The van der Waals surface area contributed by atoms with Crippen LogP contribution in [0.3, 0.4) is 0 Å². The highest BCUT2D eigenvalue weighted by atomic mass is 19.1. The molecule has 0 amide bonds. The lowest BCUT2D eigenvalue weighted by Gasteiger charge is -2.18. The summed E-state index contributed by atoms with van der Waals surface area (Å²) in [6.45, 7) is 0.422. The molecule has 1 atom stereocenters. The first-order valence-corrected chi connectivity index (χ1v) is 8.76. The zero-order chi connectivity index (χ0) is 19.2. The summed E-state index contributed by atoms with van der Waals surface area (Å²) in [5, 5.41) is 13.8. The first-order chi connectivity index (χ1) is 13.8. The molecule has 0 spiro atoms. The maximum atomic E-state index is 13.3. The topological polar surface area (TPSA) is 89.5 Å². The average molecular weight is 376 g/mol. The van der Waals surface area contributed by atoms with E-state index in [1.807, 2.05) is 30.3 Å². The van der Waals surface area contributed by atoms with E-state index in [-0.39, 0.29) is 11.7 Å². The van der Waals surface area contributed by atoms with Crippen molar-refractivity contribution in [3.05, 3.63) is 84.2 Å². The molecule has 2 heterocycles. The number of halogens is 1. The summed E-state index contributed by atoms with van der Waals surface area (Å²) in [4.78, 5) is 8.82. The van der Waals surface area contributed by atoms with Gasteiger partial charge >= 0.3 is 0 Å². The number of nitrogens with zero attached hydrogens (tertiary/aromatic N) is 5. The van der Waals surface area contributed by atoms with E-state index in [1.54, 1.807) is 24.5 Å². The van der Waals surface area contributed by atoms with Crippen LogP contribution in [0.5, 0.6) is 5.75 Å². The van der Waals surface area contributed by atoms with E-state index in [0.29, 0.717) is 30.2 Å². The number of para-hydroxylation sites is 1. The molecule has 2 aromatic carbocycles. The number of rotatable bonds is 7. The normalized spacial score (nSPS) is 11.9. The van der Waals surface area contributed by atoms with E-state index < -0.39 is 0 Å². The van der Waals surface area contributed by atoms with Crippen LogP contribution in [0.15, 0.2) is 67.0 Å². The molecular weight excluding hydrogens is 359 g/mol.